The summed E-state index contributed by atoms with van der Waals surface area (Å²) in [6.07, 6.45) is 1.88. The normalized spacial score (nSPS) is 11.0. The fraction of sp³-hybridized carbons (Fsp3) is 0.133. The third-order valence-electron chi connectivity index (χ3n) is 2.91. The molecular formula is C15H16N2O3S2. The lowest BCUT2D eigenvalue weighted by Crippen LogP contribution is -2.34. The van der Waals surface area contributed by atoms with Gasteiger partial charge in [0, 0.05) is 4.90 Å². The van der Waals surface area contributed by atoms with Crippen LogP contribution in [0.25, 0.3) is 0 Å². The number of carbonyl (C=O) groups is 1. The second kappa shape index (κ2) is 6.85. The van der Waals surface area contributed by atoms with E-state index in [1.54, 1.807) is 24.3 Å². The number of hydrogen-bond acceptors (Lipinski definition) is 4. The zero-order chi connectivity index (χ0) is 16.2. The van der Waals surface area contributed by atoms with Gasteiger partial charge in [0.25, 0.3) is 10.0 Å². The first-order valence-corrected chi connectivity index (χ1v) is 9.16. The Bertz CT molecular complexity index is 772. The van der Waals surface area contributed by atoms with Crippen molar-refractivity contribution in [3.05, 3.63) is 54.1 Å². The minimum Gasteiger partial charge on any atom is -0.306 e. The lowest BCUT2D eigenvalue weighted by Gasteiger charge is -2.11. The first kappa shape index (κ1) is 16.4. The van der Waals surface area contributed by atoms with E-state index in [-0.39, 0.29) is 4.90 Å². The highest BCUT2D eigenvalue weighted by Crippen LogP contribution is 2.24. The van der Waals surface area contributed by atoms with Gasteiger partial charge in [-0.1, -0.05) is 29.8 Å². The van der Waals surface area contributed by atoms with E-state index in [0.29, 0.717) is 5.69 Å². The zero-order valence-electron chi connectivity index (χ0n) is 12.2. The maximum Gasteiger partial charge on any atom is 0.333 e. The van der Waals surface area contributed by atoms with E-state index in [1.165, 1.54) is 23.9 Å². The second-order valence-corrected chi connectivity index (χ2v) is 7.10. The summed E-state index contributed by atoms with van der Waals surface area (Å²) in [5.41, 5.74) is 1.50. The van der Waals surface area contributed by atoms with Crippen molar-refractivity contribution in [2.24, 2.45) is 0 Å². The quantitative estimate of drug-likeness (QED) is 0.841. The highest BCUT2D eigenvalue weighted by molar-refractivity contribution is 7.98. The lowest BCUT2D eigenvalue weighted by molar-refractivity contribution is 0.256. The number of anilines is 1. The molecule has 0 aromatic heterocycles. The van der Waals surface area contributed by atoms with Crippen molar-refractivity contribution in [3.8, 4) is 0 Å². The van der Waals surface area contributed by atoms with Crippen LogP contribution < -0.4 is 10.0 Å². The summed E-state index contributed by atoms with van der Waals surface area (Å²) in [6.45, 7) is 1.86. The van der Waals surface area contributed by atoms with Crippen LogP contribution in [0.15, 0.2) is 58.3 Å². The smallest absolute Gasteiger partial charge is 0.306 e. The first-order valence-electron chi connectivity index (χ1n) is 6.46. The van der Waals surface area contributed by atoms with Crippen molar-refractivity contribution in [1.29, 1.82) is 0 Å². The van der Waals surface area contributed by atoms with Gasteiger partial charge in [0.15, 0.2) is 0 Å². The van der Waals surface area contributed by atoms with E-state index in [4.69, 9.17) is 0 Å². The van der Waals surface area contributed by atoms with E-state index in [9.17, 15) is 13.2 Å². The van der Waals surface area contributed by atoms with E-state index in [1.807, 2.05) is 30.0 Å². The molecule has 0 aliphatic rings. The highest BCUT2D eigenvalue weighted by Gasteiger charge is 2.17. The molecule has 0 saturated heterocycles. The largest absolute Gasteiger partial charge is 0.333 e. The van der Waals surface area contributed by atoms with Crippen molar-refractivity contribution < 1.29 is 13.2 Å². The SMILES string of the molecule is CSc1ccccc1NC(=O)NS(=O)(=O)c1ccc(C)cc1. The summed E-state index contributed by atoms with van der Waals surface area (Å²) in [5, 5.41) is 2.55. The molecule has 116 valence electrons. The molecule has 7 heteroatoms. The Balaban J connectivity index is 2.13. The molecule has 0 fully saturated rings. The van der Waals surface area contributed by atoms with E-state index < -0.39 is 16.1 Å². The maximum atomic E-state index is 12.1. The number of urea groups is 1. The molecule has 22 heavy (non-hydrogen) atoms. The standard InChI is InChI=1S/C15H16N2O3S2/c1-11-7-9-12(10-8-11)22(19,20)17-15(18)16-13-5-3-4-6-14(13)21-2/h3-10H,1-2H3,(H2,16,17,18). The van der Waals surface area contributed by atoms with E-state index >= 15 is 0 Å². The fourth-order valence-corrected chi connectivity index (χ4v) is 3.26. The molecule has 2 aromatic rings. The predicted octanol–water partition coefficient (Wildman–Crippen LogP) is 3.23. The number of amides is 2. The van der Waals surface area contributed by atoms with Gasteiger partial charge in [0.2, 0.25) is 0 Å². The molecule has 0 atom stereocenters. The summed E-state index contributed by atoms with van der Waals surface area (Å²) in [4.78, 5) is 12.8. The molecule has 0 radical (unpaired) electrons. The van der Waals surface area contributed by atoms with Gasteiger partial charge in [-0.25, -0.2) is 17.9 Å². The molecule has 0 saturated carbocycles. The van der Waals surface area contributed by atoms with Crippen LogP contribution >= 0.6 is 11.8 Å². The summed E-state index contributed by atoms with van der Waals surface area (Å²) in [7, 11) is -3.88. The van der Waals surface area contributed by atoms with Crippen LogP contribution in [0, 0.1) is 6.92 Å². The summed E-state index contributed by atoms with van der Waals surface area (Å²) in [5.74, 6) is 0. The van der Waals surface area contributed by atoms with Crippen LogP contribution in [0.1, 0.15) is 5.56 Å². The van der Waals surface area contributed by atoms with E-state index in [2.05, 4.69) is 5.32 Å². The number of hydrogen-bond donors (Lipinski definition) is 2. The predicted molar refractivity (Wildman–Crippen MR) is 88.7 cm³/mol. The zero-order valence-corrected chi connectivity index (χ0v) is 13.8. The molecule has 2 aromatic carbocycles. The average Bonchev–Trinajstić information content (AvgIpc) is 2.47. The molecule has 0 aliphatic heterocycles. The molecule has 5 nitrogen and oxygen atoms in total. The Kier molecular flexibility index (Phi) is 5.10. The van der Waals surface area contributed by atoms with Gasteiger partial charge in [-0.05, 0) is 37.4 Å². The van der Waals surface area contributed by atoms with Crippen molar-refractivity contribution >= 4 is 33.5 Å². The number of nitrogens with one attached hydrogen (secondary N) is 2. The molecule has 0 unspecified atom stereocenters. The topological polar surface area (TPSA) is 75.3 Å². The lowest BCUT2D eigenvalue weighted by atomic mass is 10.2. The first-order chi connectivity index (χ1) is 10.4. The third kappa shape index (κ3) is 4.02. The van der Waals surface area contributed by atoms with Crippen LogP contribution in [0.3, 0.4) is 0 Å². The minimum absolute atomic E-state index is 0.0476. The van der Waals surface area contributed by atoms with Crippen LogP contribution in [-0.4, -0.2) is 20.7 Å². The molecule has 0 heterocycles. The van der Waals surface area contributed by atoms with Crippen molar-refractivity contribution in [2.45, 2.75) is 16.7 Å². The van der Waals surface area contributed by atoms with Gasteiger partial charge in [0.05, 0.1) is 10.6 Å². The van der Waals surface area contributed by atoms with Gasteiger partial charge >= 0.3 is 6.03 Å². The van der Waals surface area contributed by atoms with E-state index in [0.717, 1.165) is 10.5 Å². The number of aryl methyl sites for hydroxylation is 1. The van der Waals surface area contributed by atoms with Crippen LogP contribution in [0.2, 0.25) is 0 Å². The number of carbonyl (C=O) groups excluding carboxylic acids is 1. The van der Waals surface area contributed by atoms with Crippen molar-refractivity contribution in [3.63, 3.8) is 0 Å². The molecule has 2 rings (SSSR count). The number of thioether (sulfide) groups is 1. The Morgan fingerprint density at radius 1 is 1.05 bits per heavy atom. The van der Waals surface area contributed by atoms with Gasteiger partial charge in [0.1, 0.15) is 0 Å². The van der Waals surface area contributed by atoms with Crippen molar-refractivity contribution in [1.82, 2.24) is 4.72 Å². The van der Waals surface area contributed by atoms with Crippen LogP contribution in [-0.2, 0) is 10.0 Å². The monoisotopic (exact) mass is 336 g/mol. The van der Waals surface area contributed by atoms with Crippen LogP contribution in [0.5, 0.6) is 0 Å². The summed E-state index contributed by atoms with van der Waals surface area (Å²) in [6, 6.07) is 12.6. The van der Waals surface area contributed by atoms with Gasteiger partial charge < -0.3 is 5.32 Å². The summed E-state index contributed by atoms with van der Waals surface area (Å²) < 4.78 is 26.2. The third-order valence-corrected chi connectivity index (χ3v) is 5.06. The summed E-state index contributed by atoms with van der Waals surface area (Å²) >= 11 is 1.46. The highest BCUT2D eigenvalue weighted by atomic mass is 32.2. The Labute approximate surface area is 134 Å². The number of benzene rings is 2. The van der Waals surface area contributed by atoms with Crippen molar-refractivity contribution in [2.75, 3.05) is 11.6 Å². The average molecular weight is 336 g/mol. The Morgan fingerprint density at radius 3 is 2.32 bits per heavy atom. The van der Waals surface area contributed by atoms with Gasteiger partial charge in [-0.2, -0.15) is 0 Å². The Hall–Kier alpha value is -1.99. The Morgan fingerprint density at radius 2 is 1.68 bits per heavy atom. The maximum absolute atomic E-state index is 12.1. The van der Waals surface area contributed by atoms with Gasteiger partial charge in [-0.3, -0.25) is 0 Å². The van der Waals surface area contributed by atoms with Crippen LogP contribution in [0.4, 0.5) is 10.5 Å². The molecular weight excluding hydrogens is 320 g/mol. The number of rotatable bonds is 4. The molecule has 2 amide bonds. The minimum atomic E-state index is -3.88. The number of para-hydroxylation sites is 1. The van der Waals surface area contributed by atoms with Gasteiger partial charge in [-0.15, -0.1) is 11.8 Å². The number of sulfonamides is 1. The molecule has 0 bridgehead atoms. The second-order valence-electron chi connectivity index (χ2n) is 4.57. The molecule has 0 spiro atoms. The molecule has 2 N–H and O–H groups in total. The molecule has 0 aliphatic carbocycles. The fourth-order valence-electron chi connectivity index (χ4n) is 1.79.